The van der Waals surface area contributed by atoms with Crippen LogP contribution in [0.25, 0.3) is 16.8 Å². The number of halogens is 8. The van der Waals surface area contributed by atoms with Gasteiger partial charge in [0.05, 0.1) is 39.9 Å². The minimum Gasteiger partial charge on any atom is -0.475 e. The monoisotopic (exact) mass is 675 g/mol. The van der Waals surface area contributed by atoms with Crippen molar-refractivity contribution in [3.05, 3.63) is 70.4 Å². The fourth-order valence-corrected chi connectivity index (χ4v) is 5.27. The Bertz CT molecular complexity index is 1670. The van der Waals surface area contributed by atoms with Crippen LogP contribution in [0.1, 0.15) is 55.5 Å². The van der Waals surface area contributed by atoms with Gasteiger partial charge in [-0.05, 0) is 49.1 Å². The van der Waals surface area contributed by atoms with E-state index in [0.29, 0.717) is 41.9 Å². The molecule has 0 spiro atoms. The van der Waals surface area contributed by atoms with E-state index in [-0.39, 0.29) is 30.4 Å². The molecule has 2 atom stereocenters. The van der Waals surface area contributed by atoms with Crippen LogP contribution in [0.15, 0.2) is 42.7 Å². The van der Waals surface area contributed by atoms with E-state index in [2.05, 4.69) is 20.5 Å². The molecule has 1 aromatic carbocycles. The van der Waals surface area contributed by atoms with Crippen molar-refractivity contribution in [2.24, 2.45) is 5.92 Å². The summed E-state index contributed by atoms with van der Waals surface area (Å²) in [5.74, 6) is -4.99. The van der Waals surface area contributed by atoms with E-state index < -0.39 is 52.2 Å². The molecule has 0 saturated carbocycles. The van der Waals surface area contributed by atoms with Gasteiger partial charge in [0, 0.05) is 35.9 Å². The zero-order valence-corrected chi connectivity index (χ0v) is 24.5. The molecule has 4 heterocycles. The van der Waals surface area contributed by atoms with Gasteiger partial charge in [-0.25, -0.2) is 9.18 Å². The van der Waals surface area contributed by atoms with Gasteiger partial charge < -0.3 is 15.3 Å². The number of nitrogens with one attached hydrogen (secondary N) is 2. The Morgan fingerprint density at radius 3 is 2.43 bits per heavy atom. The molecule has 2 amide bonds. The number of aromatic amines is 1. The third-order valence-corrected chi connectivity index (χ3v) is 7.71. The average molecular weight is 676 g/mol. The van der Waals surface area contributed by atoms with Gasteiger partial charge in [0.25, 0.3) is 0 Å². The molecule has 3 aromatic rings. The third kappa shape index (κ3) is 7.66. The lowest BCUT2D eigenvalue weighted by molar-refractivity contribution is -0.192. The van der Waals surface area contributed by atoms with E-state index >= 15 is 0 Å². The summed E-state index contributed by atoms with van der Waals surface area (Å²) in [7, 11) is 0. The number of amides is 2. The second-order valence-corrected chi connectivity index (χ2v) is 10.9. The fourth-order valence-electron chi connectivity index (χ4n) is 5.12. The molecule has 246 valence electrons. The van der Waals surface area contributed by atoms with Crippen molar-refractivity contribution in [3.63, 3.8) is 0 Å². The maximum absolute atomic E-state index is 14.9. The van der Waals surface area contributed by atoms with Crippen molar-refractivity contribution in [2.45, 2.75) is 51.0 Å². The van der Waals surface area contributed by atoms with Crippen LogP contribution in [-0.2, 0) is 20.6 Å². The van der Waals surface area contributed by atoms with Crippen molar-refractivity contribution in [3.8, 4) is 11.3 Å². The van der Waals surface area contributed by atoms with Gasteiger partial charge in [-0.15, -0.1) is 0 Å². The molecule has 0 radical (unpaired) electrons. The number of alkyl halides is 6. The molecule has 2 bridgehead atoms. The van der Waals surface area contributed by atoms with Gasteiger partial charge in [0.1, 0.15) is 5.82 Å². The minimum atomic E-state index is -5.08. The van der Waals surface area contributed by atoms with Crippen molar-refractivity contribution < 1.29 is 50.2 Å². The van der Waals surface area contributed by atoms with Crippen LogP contribution in [0, 0.1) is 11.7 Å². The maximum atomic E-state index is 14.9. The lowest BCUT2D eigenvalue weighted by atomic mass is 9.91. The number of H-pyrrole nitrogens is 1. The fraction of sp³-hybridized carbons (Fsp3) is 0.345. The normalized spacial score (nSPS) is 19.1. The van der Waals surface area contributed by atoms with Gasteiger partial charge in [-0.3, -0.25) is 19.7 Å². The number of carbonyl (C=O) groups is 3. The molecule has 3 N–H and O–H groups in total. The number of pyridine rings is 1. The average Bonchev–Trinajstić information content (AvgIpc) is 3.43. The maximum Gasteiger partial charge on any atom is 0.490 e. The molecule has 9 nitrogen and oxygen atoms in total. The number of nitrogens with zero attached hydrogens (tertiary/aromatic N) is 3. The van der Waals surface area contributed by atoms with E-state index in [9.17, 15) is 40.3 Å². The van der Waals surface area contributed by atoms with Crippen LogP contribution in [0.5, 0.6) is 0 Å². The number of carbonyl (C=O) groups excluding carboxylic acids is 2. The highest BCUT2D eigenvalue weighted by Gasteiger charge is 2.39. The number of benzene rings is 1. The molecular weight excluding hydrogens is 651 g/mol. The van der Waals surface area contributed by atoms with Crippen molar-refractivity contribution >= 4 is 40.6 Å². The first-order valence-corrected chi connectivity index (χ1v) is 14.0. The Morgan fingerprint density at radius 2 is 1.80 bits per heavy atom. The molecular formula is C29H25ClF7N5O4. The zero-order chi connectivity index (χ0) is 34.0. The topological polar surface area (TPSA) is 128 Å². The van der Waals surface area contributed by atoms with E-state index in [0.717, 1.165) is 18.2 Å². The first-order chi connectivity index (χ1) is 21.5. The summed E-state index contributed by atoms with van der Waals surface area (Å²) < 4.78 is 87.6. The highest BCUT2D eigenvalue weighted by molar-refractivity contribution is 6.31. The Balaban J connectivity index is 0.000000617. The van der Waals surface area contributed by atoms with E-state index in [1.165, 1.54) is 11.1 Å². The summed E-state index contributed by atoms with van der Waals surface area (Å²) in [6, 6.07) is 4.61. The highest BCUT2D eigenvalue weighted by atomic mass is 35.5. The predicted octanol–water partition coefficient (Wildman–Crippen LogP) is 7.03. The lowest BCUT2D eigenvalue weighted by Crippen LogP contribution is -2.38. The zero-order valence-electron chi connectivity index (χ0n) is 23.8. The number of rotatable bonds is 2. The van der Waals surface area contributed by atoms with Crippen LogP contribution in [-0.4, -0.2) is 55.7 Å². The molecule has 5 rings (SSSR count). The number of fused-ring (bicyclic) bond motifs is 4. The van der Waals surface area contributed by atoms with Crippen LogP contribution in [0.3, 0.4) is 0 Å². The number of hydrogen-bond donors (Lipinski definition) is 3. The number of aliphatic carboxylic acids is 1. The van der Waals surface area contributed by atoms with Gasteiger partial charge in [-0.2, -0.15) is 31.4 Å². The molecule has 2 aromatic heterocycles. The second-order valence-electron chi connectivity index (χ2n) is 10.5. The number of carboxylic acid groups (broad SMARTS) is 1. The van der Waals surface area contributed by atoms with Gasteiger partial charge >= 0.3 is 18.3 Å². The molecule has 0 saturated heterocycles. The van der Waals surface area contributed by atoms with Crippen LogP contribution < -0.4 is 5.32 Å². The molecule has 0 unspecified atom stereocenters. The predicted molar refractivity (Wildman–Crippen MR) is 151 cm³/mol. The second kappa shape index (κ2) is 13.5. The number of hydrogen-bond acceptors (Lipinski definition) is 5. The SMILES string of the molecule is C[C@@H]1CCC[C@H](N2CCC(c3c(C(F)(F)F)ccc(Cl)c3F)=CC2=O)c2cc(ccn2)-c2[nH]ncc2NC1=O.O=C(O)C(F)(F)F. The quantitative estimate of drug-likeness (QED) is 0.250. The van der Waals surface area contributed by atoms with Crippen molar-refractivity contribution in [2.75, 3.05) is 11.9 Å². The Kier molecular flexibility index (Phi) is 10.1. The molecule has 0 aliphatic carbocycles. The van der Waals surface area contributed by atoms with E-state index in [1.54, 1.807) is 18.3 Å². The smallest absolute Gasteiger partial charge is 0.475 e. The van der Waals surface area contributed by atoms with Crippen LogP contribution in [0.2, 0.25) is 5.02 Å². The summed E-state index contributed by atoms with van der Waals surface area (Å²) in [6.07, 6.45) is -4.15. The Labute approximate surface area is 261 Å². The van der Waals surface area contributed by atoms with Gasteiger partial charge in [0.2, 0.25) is 11.8 Å². The summed E-state index contributed by atoms with van der Waals surface area (Å²) in [6.45, 7) is 1.86. The van der Waals surface area contributed by atoms with E-state index in [1.807, 2.05) is 6.92 Å². The third-order valence-electron chi connectivity index (χ3n) is 7.41. The molecule has 2 aliphatic heterocycles. The molecule has 17 heteroatoms. The largest absolute Gasteiger partial charge is 0.490 e. The van der Waals surface area contributed by atoms with Crippen molar-refractivity contribution in [1.82, 2.24) is 20.1 Å². The summed E-state index contributed by atoms with van der Waals surface area (Å²) in [5.41, 5.74) is 0.443. The lowest BCUT2D eigenvalue weighted by Gasteiger charge is -2.35. The van der Waals surface area contributed by atoms with Crippen LogP contribution in [0.4, 0.5) is 36.4 Å². The summed E-state index contributed by atoms with van der Waals surface area (Å²) >= 11 is 5.81. The number of aromatic nitrogens is 3. The molecule has 46 heavy (non-hydrogen) atoms. The first-order valence-electron chi connectivity index (χ1n) is 13.7. The highest BCUT2D eigenvalue weighted by Crippen LogP contribution is 2.41. The van der Waals surface area contributed by atoms with Gasteiger partial charge in [0.15, 0.2) is 0 Å². The Morgan fingerprint density at radius 1 is 1.11 bits per heavy atom. The Hall–Kier alpha value is -4.47. The summed E-state index contributed by atoms with van der Waals surface area (Å²) in [5, 5.41) is 16.5. The molecule has 2 aliphatic rings. The minimum absolute atomic E-state index is 0.00816. The van der Waals surface area contributed by atoms with Crippen LogP contribution >= 0.6 is 11.6 Å². The molecule has 0 fully saturated rings. The first kappa shape index (κ1) is 34.4. The van der Waals surface area contributed by atoms with Gasteiger partial charge in [-0.1, -0.05) is 24.9 Å². The van der Waals surface area contributed by atoms with Crippen molar-refractivity contribution in [1.29, 1.82) is 0 Å². The number of carboxylic acids is 1. The van der Waals surface area contributed by atoms with E-state index in [4.69, 9.17) is 21.5 Å². The number of anilines is 1. The summed E-state index contributed by atoms with van der Waals surface area (Å²) in [4.78, 5) is 41.0. The standard InChI is InChI=1S/C27H24ClF4N5O2.C2HF3O2/c1-14-3-2-4-21(19-11-16(7-9-33-19)25-20(13-34-36-25)35-26(14)39)37-10-8-15(12-22(37)38)23-17(27(30,31)32)5-6-18(28)24(23)29;3-2(4,5)1(6)7/h5-7,9,11-14,21H,2-4,8,10H2,1H3,(H,34,36)(H,35,39);(H,6,7)/t14-,21+;/m1./s1.